The molecule has 1 saturated carbocycles. The summed E-state index contributed by atoms with van der Waals surface area (Å²) >= 11 is 0. The highest BCUT2D eigenvalue weighted by Crippen LogP contribution is 2.35. The topological polar surface area (TPSA) is 74.0 Å². The molecule has 6 heteroatoms. The zero-order valence-electron chi connectivity index (χ0n) is 16.1. The highest BCUT2D eigenvalue weighted by molar-refractivity contribution is 5.81. The largest absolute Gasteiger partial charge is 0.454 e. The Morgan fingerprint density at radius 3 is 2.63 bits per heavy atom. The van der Waals surface area contributed by atoms with Gasteiger partial charge < -0.3 is 24.8 Å². The second-order valence-electron chi connectivity index (χ2n) is 8.13. The lowest BCUT2D eigenvalue weighted by Crippen LogP contribution is -2.46. The lowest BCUT2D eigenvalue weighted by Gasteiger charge is -2.37. The molecule has 0 bridgehead atoms. The van der Waals surface area contributed by atoms with Gasteiger partial charge in [0, 0.05) is 19.1 Å². The number of fused-ring (bicyclic) bond motifs is 1. The Hall–Kier alpha value is -1.79. The van der Waals surface area contributed by atoms with Gasteiger partial charge in [0.2, 0.25) is 6.79 Å². The molecule has 4 rings (SSSR count). The van der Waals surface area contributed by atoms with Crippen molar-refractivity contribution in [2.45, 2.75) is 70.2 Å². The summed E-state index contributed by atoms with van der Waals surface area (Å²) in [4.78, 5) is 15.4. The van der Waals surface area contributed by atoms with E-state index in [1.165, 1.54) is 12.8 Å². The number of nitrogens with zero attached hydrogens (tertiary/aromatic N) is 1. The van der Waals surface area contributed by atoms with Crippen LogP contribution in [0.2, 0.25) is 0 Å². The Bertz CT molecular complexity index is 672. The molecule has 1 aliphatic carbocycles. The first-order valence-corrected chi connectivity index (χ1v) is 10.2. The van der Waals surface area contributed by atoms with E-state index in [0.717, 1.165) is 48.7 Å². The zero-order valence-corrected chi connectivity index (χ0v) is 16.1. The fraction of sp³-hybridized carbons (Fsp3) is 0.667. The Balaban J connectivity index is 1.51. The number of ether oxygens (including phenoxy) is 3. The number of benzene rings is 1. The molecule has 2 heterocycles. The monoisotopic (exact) mass is 374 g/mol. The van der Waals surface area contributed by atoms with Gasteiger partial charge in [-0.1, -0.05) is 13.0 Å². The van der Waals surface area contributed by atoms with Crippen molar-refractivity contribution in [3.8, 4) is 11.5 Å². The molecule has 1 aromatic carbocycles. The normalized spacial score (nSPS) is 29.7. The summed E-state index contributed by atoms with van der Waals surface area (Å²) < 4.78 is 16.8. The predicted octanol–water partition coefficient (Wildman–Crippen LogP) is 2.83. The third-order valence-corrected chi connectivity index (χ3v) is 6.15. The first-order valence-electron chi connectivity index (χ1n) is 10.2. The predicted molar refractivity (Wildman–Crippen MR) is 101 cm³/mol. The summed E-state index contributed by atoms with van der Waals surface area (Å²) in [7, 11) is 0. The third-order valence-electron chi connectivity index (χ3n) is 6.15. The van der Waals surface area contributed by atoms with Crippen LogP contribution in [0.3, 0.4) is 0 Å². The van der Waals surface area contributed by atoms with E-state index in [-0.39, 0.29) is 30.9 Å². The Morgan fingerprint density at radius 1 is 1.11 bits per heavy atom. The van der Waals surface area contributed by atoms with E-state index >= 15 is 0 Å². The van der Waals surface area contributed by atoms with Crippen molar-refractivity contribution in [2.24, 2.45) is 11.7 Å². The summed E-state index contributed by atoms with van der Waals surface area (Å²) in [6.45, 7) is 3.62. The van der Waals surface area contributed by atoms with Gasteiger partial charge >= 0.3 is 0 Å². The number of hydrogen-bond acceptors (Lipinski definition) is 5. The molecule has 3 aliphatic rings. The molecule has 2 atom stereocenters. The van der Waals surface area contributed by atoms with Crippen LogP contribution in [0.5, 0.6) is 11.5 Å². The molecule has 27 heavy (non-hydrogen) atoms. The van der Waals surface area contributed by atoms with Crippen molar-refractivity contribution in [1.29, 1.82) is 0 Å². The number of carbonyl (C=O) groups is 1. The molecular weight excluding hydrogens is 344 g/mol. The van der Waals surface area contributed by atoms with Crippen LogP contribution in [0, 0.1) is 5.92 Å². The van der Waals surface area contributed by atoms with Crippen LogP contribution in [-0.2, 0) is 16.1 Å². The second kappa shape index (κ2) is 8.07. The third kappa shape index (κ3) is 4.06. The molecule has 2 aliphatic heterocycles. The van der Waals surface area contributed by atoms with Gasteiger partial charge in [0.05, 0.1) is 6.10 Å². The summed E-state index contributed by atoms with van der Waals surface area (Å²) in [5.74, 6) is 2.39. The molecule has 2 fully saturated rings. The molecule has 0 radical (unpaired) electrons. The molecule has 2 N–H and O–H groups in total. The van der Waals surface area contributed by atoms with Crippen LogP contribution in [0.15, 0.2) is 18.2 Å². The van der Waals surface area contributed by atoms with E-state index in [9.17, 15) is 4.79 Å². The molecule has 0 spiro atoms. The lowest BCUT2D eigenvalue weighted by atomic mass is 9.86. The number of carbonyl (C=O) groups excluding carboxylic acids is 1. The van der Waals surface area contributed by atoms with Gasteiger partial charge in [0.15, 0.2) is 11.5 Å². The standard InChI is InChI=1S/C21H30N2O4/c1-14-2-5-16(6-3-14)23(21(24)19-9-7-17(11-22)27-19)12-15-4-8-18-20(10-15)26-13-25-18/h4,8,10,14,16-17,19H,2-3,5-7,9,11-13,22H2,1H3/t14?,16?,17-,19+/m1/s1. The smallest absolute Gasteiger partial charge is 0.252 e. The maximum Gasteiger partial charge on any atom is 0.252 e. The average molecular weight is 374 g/mol. The van der Waals surface area contributed by atoms with E-state index in [1.807, 2.05) is 23.1 Å². The number of nitrogens with two attached hydrogens (primary N) is 1. The quantitative estimate of drug-likeness (QED) is 0.858. The van der Waals surface area contributed by atoms with Crippen LogP contribution in [0.4, 0.5) is 0 Å². The van der Waals surface area contributed by atoms with Gasteiger partial charge in [0.1, 0.15) is 6.10 Å². The Morgan fingerprint density at radius 2 is 1.89 bits per heavy atom. The van der Waals surface area contributed by atoms with E-state index in [4.69, 9.17) is 19.9 Å². The number of amides is 1. The lowest BCUT2D eigenvalue weighted by molar-refractivity contribution is -0.146. The maximum atomic E-state index is 13.3. The average Bonchev–Trinajstić information content (AvgIpc) is 3.35. The van der Waals surface area contributed by atoms with Crippen molar-refractivity contribution in [3.63, 3.8) is 0 Å². The summed E-state index contributed by atoms with van der Waals surface area (Å²) in [6.07, 6.45) is 5.76. The molecule has 1 amide bonds. The van der Waals surface area contributed by atoms with E-state index in [1.54, 1.807) is 0 Å². The van der Waals surface area contributed by atoms with Crippen LogP contribution in [0.1, 0.15) is 51.0 Å². The van der Waals surface area contributed by atoms with Crippen molar-refractivity contribution >= 4 is 5.91 Å². The van der Waals surface area contributed by atoms with Gasteiger partial charge in [-0.05, 0) is 62.1 Å². The van der Waals surface area contributed by atoms with Gasteiger partial charge in [0.25, 0.3) is 5.91 Å². The van der Waals surface area contributed by atoms with Crippen molar-refractivity contribution in [1.82, 2.24) is 4.90 Å². The molecule has 1 saturated heterocycles. The fourth-order valence-corrected chi connectivity index (χ4v) is 4.42. The molecule has 1 aromatic rings. The Labute approximate surface area is 160 Å². The molecule has 0 aromatic heterocycles. The van der Waals surface area contributed by atoms with Gasteiger partial charge in [-0.25, -0.2) is 0 Å². The minimum Gasteiger partial charge on any atom is -0.454 e. The second-order valence-corrected chi connectivity index (χ2v) is 8.13. The van der Waals surface area contributed by atoms with E-state index in [2.05, 4.69) is 6.92 Å². The summed E-state index contributed by atoms with van der Waals surface area (Å²) in [5, 5.41) is 0. The number of rotatable bonds is 5. The van der Waals surface area contributed by atoms with Crippen molar-refractivity contribution < 1.29 is 19.0 Å². The fourth-order valence-electron chi connectivity index (χ4n) is 4.42. The molecule has 148 valence electrons. The highest BCUT2D eigenvalue weighted by atomic mass is 16.7. The molecular formula is C21H30N2O4. The highest BCUT2D eigenvalue weighted by Gasteiger charge is 2.36. The van der Waals surface area contributed by atoms with Gasteiger partial charge in [-0.3, -0.25) is 4.79 Å². The van der Waals surface area contributed by atoms with E-state index < -0.39 is 0 Å². The van der Waals surface area contributed by atoms with Gasteiger partial charge in [-0.2, -0.15) is 0 Å². The van der Waals surface area contributed by atoms with Crippen LogP contribution < -0.4 is 15.2 Å². The van der Waals surface area contributed by atoms with Crippen LogP contribution in [-0.4, -0.2) is 42.4 Å². The molecule has 0 unspecified atom stereocenters. The van der Waals surface area contributed by atoms with E-state index in [0.29, 0.717) is 13.1 Å². The summed E-state index contributed by atoms with van der Waals surface area (Å²) in [6, 6.07) is 6.23. The Kier molecular flexibility index (Phi) is 5.55. The number of hydrogen-bond donors (Lipinski definition) is 1. The minimum atomic E-state index is -0.355. The van der Waals surface area contributed by atoms with Crippen LogP contribution in [0.25, 0.3) is 0 Å². The first-order chi connectivity index (χ1) is 13.1. The van der Waals surface area contributed by atoms with Gasteiger partial charge in [-0.15, -0.1) is 0 Å². The SMILES string of the molecule is CC1CCC(N(Cc2ccc3c(c2)OCO3)C(=O)[C@@H]2CC[C@H](CN)O2)CC1. The molecule has 6 nitrogen and oxygen atoms in total. The minimum absolute atomic E-state index is 0.0118. The summed E-state index contributed by atoms with van der Waals surface area (Å²) in [5.41, 5.74) is 6.80. The first kappa shape index (κ1) is 18.6. The maximum absolute atomic E-state index is 13.3. The van der Waals surface area contributed by atoms with Crippen molar-refractivity contribution in [3.05, 3.63) is 23.8 Å². The van der Waals surface area contributed by atoms with Crippen molar-refractivity contribution in [2.75, 3.05) is 13.3 Å². The zero-order chi connectivity index (χ0) is 18.8. The van der Waals surface area contributed by atoms with Crippen LogP contribution >= 0.6 is 0 Å².